The number of carboxylic acids is 8. The van der Waals surface area contributed by atoms with Gasteiger partial charge in [-0.3, -0.25) is 38.4 Å². The van der Waals surface area contributed by atoms with E-state index in [9.17, 15) is 79.2 Å². The molecule has 0 heterocycles. The van der Waals surface area contributed by atoms with Crippen molar-refractivity contribution in [3.05, 3.63) is 0 Å². The Labute approximate surface area is 370 Å². The molecule has 23 heteroatoms. The second-order valence-electron chi connectivity index (χ2n) is 17.0. The zero-order chi connectivity index (χ0) is 49.6. The van der Waals surface area contributed by atoms with E-state index in [0.29, 0.717) is 0 Å². The highest BCUT2D eigenvalue weighted by Gasteiger charge is 2.67. The smallest absolute Gasteiger partial charge is 0.481 e. The Balaban J connectivity index is 8.40. The van der Waals surface area contributed by atoms with Gasteiger partial charge in [0, 0.05) is 37.5 Å². The van der Waals surface area contributed by atoms with Gasteiger partial charge in [-0.15, -0.1) is 0 Å². The van der Waals surface area contributed by atoms with Gasteiger partial charge in [0.2, 0.25) is 0 Å². The molecule has 0 spiro atoms. The van der Waals surface area contributed by atoms with E-state index in [0.717, 1.165) is 13.8 Å². The number of hydrogen-bond donors (Lipinski definition) is 8. The largest absolute Gasteiger partial charge is 0.497 e. The van der Waals surface area contributed by atoms with Crippen LogP contribution in [0.3, 0.4) is 0 Å². The summed E-state index contributed by atoms with van der Waals surface area (Å²) in [4.78, 5) is 103. The normalized spacial score (nSPS) is 17.5. The predicted octanol–water partition coefficient (Wildman–Crippen LogP) is 5.07. The first-order valence-electron chi connectivity index (χ1n) is 21.0. The van der Waals surface area contributed by atoms with E-state index < -0.39 is 147 Å². The molecule has 0 aliphatic heterocycles. The van der Waals surface area contributed by atoms with Crippen LogP contribution in [0.1, 0.15) is 109 Å². The molecule has 63 heavy (non-hydrogen) atoms. The minimum absolute atomic E-state index is 0.243. The molecule has 10 unspecified atom stereocenters. The quantitative estimate of drug-likeness (QED) is 0.0390. The maximum Gasteiger partial charge on any atom is 0.497 e. The van der Waals surface area contributed by atoms with E-state index >= 15 is 0 Å². The Morgan fingerprint density at radius 1 is 0.429 bits per heavy atom. The van der Waals surface area contributed by atoms with Gasteiger partial charge < -0.3 is 62.7 Å². The third kappa shape index (κ3) is 14.5. The lowest BCUT2D eigenvalue weighted by molar-refractivity contribution is -0.162. The maximum atomic E-state index is 13.5. The summed E-state index contributed by atoms with van der Waals surface area (Å²) >= 11 is 0. The van der Waals surface area contributed by atoms with Gasteiger partial charge in [-0.25, -0.2) is 0 Å². The molecule has 0 fully saturated rings. The highest BCUT2D eigenvalue weighted by molar-refractivity contribution is 6.77. The third-order valence-corrected chi connectivity index (χ3v) is 20.3. The molecule has 0 radical (unpaired) electrons. The number of carboxylic acid groups (broad SMARTS) is 8. The van der Waals surface area contributed by atoms with Crippen LogP contribution in [-0.4, -0.2) is 133 Å². The molecule has 364 valence electrons. The zero-order valence-electron chi connectivity index (χ0n) is 38.3. The summed E-state index contributed by atoms with van der Waals surface area (Å²) in [6.45, 7) is 15.4. The van der Waals surface area contributed by atoms with E-state index in [1.54, 1.807) is 0 Å². The molecule has 0 aliphatic rings. The SMILES string of the molecule is CCO[Si](OCC)(O[Si](OCC)(OCC)C(CC)C(C(=O)O)C(CC(C)(C)C(C(=O)O)C(C)C(=O)O)C(=O)O)C(CC)C(C(=O)O)C(CC(C)(C)C(C(=O)O)C(C)C(=O)O)C(=O)O. The van der Waals surface area contributed by atoms with Crippen LogP contribution in [0.4, 0.5) is 0 Å². The van der Waals surface area contributed by atoms with E-state index in [2.05, 4.69) is 0 Å². The molecule has 10 atom stereocenters. The average molecular weight is 943 g/mol. The summed E-state index contributed by atoms with van der Waals surface area (Å²) < 4.78 is 32.1. The van der Waals surface area contributed by atoms with E-state index in [1.165, 1.54) is 69.2 Å². The van der Waals surface area contributed by atoms with Crippen LogP contribution < -0.4 is 0 Å². The van der Waals surface area contributed by atoms with Crippen molar-refractivity contribution in [2.75, 3.05) is 26.4 Å². The molecule has 0 saturated carbocycles. The molecule has 21 nitrogen and oxygen atoms in total. The molecule has 0 saturated heterocycles. The minimum atomic E-state index is -4.89. The summed E-state index contributed by atoms with van der Waals surface area (Å²) in [5.41, 5.74) is -6.41. The minimum Gasteiger partial charge on any atom is -0.481 e. The van der Waals surface area contributed by atoms with Crippen LogP contribution >= 0.6 is 0 Å². The van der Waals surface area contributed by atoms with E-state index in [4.69, 9.17) is 21.8 Å². The van der Waals surface area contributed by atoms with Crippen LogP contribution in [0.5, 0.6) is 0 Å². The van der Waals surface area contributed by atoms with Gasteiger partial charge in [-0.05, 0) is 64.2 Å². The number of hydrogen-bond acceptors (Lipinski definition) is 13. The molecular weight excluding hydrogens is 873 g/mol. The molecule has 0 amide bonds. The van der Waals surface area contributed by atoms with Crippen LogP contribution in [0, 0.1) is 58.2 Å². The van der Waals surface area contributed by atoms with Crippen molar-refractivity contribution in [1.82, 2.24) is 0 Å². The molecule has 0 aromatic rings. The Morgan fingerprint density at radius 3 is 0.841 bits per heavy atom. The molecule has 0 rings (SSSR count). The molecular formula is C40H70O21Si2. The fraction of sp³-hybridized carbons (Fsp3) is 0.800. The van der Waals surface area contributed by atoms with Gasteiger partial charge in [-0.1, -0.05) is 55.4 Å². The first-order chi connectivity index (χ1) is 28.9. The Bertz CT molecular complexity index is 1470. The second kappa shape index (κ2) is 24.9. The summed E-state index contributed by atoms with van der Waals surface area (Å²) in [5, 5.41) is 83.2. The van der Waals surface area contributed by atoms with Crippen molar-refractivity contribution in [2.45, 2.75) is 120 Å². The van der Waals surface area contributed by atoms with Crippen LogP contribution in [-0.2, 0) is 60.2 Å². The lowest BCUT2D eigenvalue weighted by atomic mass is 9.65. The second-order valence-corrected chi connectivity index (χ2v) is 22.8. The zero-order valence-corrected chi connectivity index (χ0v) is 40.3. The highest BCUT2D eigenvalue weighted by atomic mass is 28.5. The van der Waals surface area contributed by atoms with Crippen LogP contribution in [0.15, 0.2) is 0 Å². The highest BCUT2D eigenvalue weighted by Crippen LogP contribution is 2.51. The van der Waals surface area contributed by atoms with Crippen molar-refractivity contribution in [2.24, 2.45) is 58.2 Å². The number of carbonyl (C=O) groups is 8. The maximum absolute atomic E-state index is 13.5. The molecule has 0 aromatic heterocycles. The van der Waals surface area contributed by atoms with Crippen LogP contribution in [0.25, 0.3) is 0 Å². The summed E-state index contributed by atoms with van der Waals surface area (Å²) in [7, 11) is -9.78. The summed E-state index contributed by atoms with van der Waals surface area (Å²) in [6, 6.07) is 0. The Morgan fingerprint density at radius 2 is 0.683 bits per heavy atom. The van der Waals surface area contributed by atoms with Crippen LogP contribution in [0.2, 0.25) is 11.1 Å². The topological polar surface area (TPSA) is 345 Å². The number of rotatable bonds is 34. The van der Waals surface area contributed by atoms with Crippen molar-refractivity contribution >= 4 is 65.4 Å². The van der Waals surface area contributed by atoms with Crippen molar-refractivity contribution in [3.8, 4) is 0 Å². The predicted molar refractivity (Wildman–Crippen MR) is 224 cm³/mol. The average Bonchev–Trinajstić information content (AvgIpc) is 3.13. The number of aliphatic carboxylic acids is 8. The fourth-order valence-corrected chi connectivity index (χ4v) is 18.3. The van der Waals surface area contributed by atoms with Gasteiger partial charge in [0.05, 0.1) is 47.3 Å². The first-order valence-corrected chi connectivity index (χ1v) is 24.6. The van der Waals surface area contributed by atoms with Gasteiger partial charge >= 0.3 is 65.4 Å². The monoisotopic (exact) mass is 942 g/mol. The lowest BCUT2D eigenvalue weighted by Gasteiger charge is -2.47. The van der Waals surface area contributed by atoms with Gasteiger partial charge in [0.15, 0.2) is 0 Å². The summed E-state index contributed by atoms with van der Waals surface area (Å²) in [5.74, 6) is -27.2. The first kappa shape index (κ1) is 59.0. The van der Waals surface area contributed by atoms with Crippen molar-refractivity contribution in [3.63, 3.8) is 0 Å². The summed E-state index contributed by atoms with van der Waals surface area (Å²) in [6.07, 6.45) is -1.85. The van der Waals surface area contributed by atoms with Gasteiger partial charge in [0.25, 0.3) is 0 Å². The Kier molecular flexibility index (Phi) is 23.3. The van der Waals surface area contributed by atoms with Crippen molar-refractivity contribution in [1.29, 1.82) is 0 Å². The van der Waals surface area contributed by atoms with Gasteiger partial charge in [-0.2, -0.15) is 0 Å². The third-order valence-electron chi connectivity index (χ3n) is 11.9. The lowest BCUT2D eigenvalue weighted by Crippen LogP contribution is -2.66. The van der Waals surface area contributed by atoms with E-state index in [1.807, 2.05) is 0 Å². The van der Waals surface area contributed by atoms with Crippen molar-refractivity contribution < 1.29 is 101 Å². The standard InChI is InChI=1S/C40H70O21Si2/c1-13-25(27(35(49)50)23(33(45)46)19-39(9,10)29(37(53)54)21(7)31(41)42)62(57-15-3,58-16-4)61-63(59-17-5,60-18-6)26(14-2)28(36(51)52)24(34(47)48)20-40(11,12)30(38(55)56)22(8)32(43)44/h21-30H,13-20H2,1-12H3,(H,41,42)(H,43,44)(H,45,46)(H,47,48)(H,49,50)(H,51,52)(H,53,54)(H,55,56). The fourth-order valence-electron chi connectivity index (χ4n) is 9.34. The van der Waals surface area contributed by atoms with E-state index in [-0.39, 0.29) is 39.3 Å². The molecule has 0 aromatic carbocycles. The van der Waals surface area contributed by atoms with Gasteiger partial charge in [0.1, 0.15) is 0 Å². The molecule has 8 N–H and O–H groups in total. The molecule has 0 bridgehead atoms. The Hall–Kier alpha value is -4.01. The molecule has 0 aliphatic carbocycles.